The van der Waals surface area contributed by atoms with Gasteiger partial charge in [0.1, 0.15) is 18.9 Å². The van der Waals surface area contributed by atoms with Crippen LogP contribution in [-0.2, 0) is 23.2 Å². The molecular weight excluding hydrogens is 701 g/mol. The number of aliphatic hydroxyl groups excluding tert-OH is 1. The Hall–Kier alpha value is -0.930. The molecule has 0 fully saturated rings. The highest BCUT2D eigenvalue weighted by atomic mass is 31.2. The first kappa shape index (κ1) is 53.1. The van der Waals surface area contributed by atoms with Crippen molar-refractivity contribution in [1.82, 2.24) is 0 Å². The number of likely N-dealkylation sites (N-methyl/N-ethyl adjacent to an activating group) is 1. The highest BCUT2D eigenvalue weighted by Crippen LogP contribution is 2.46. The number of hydrogen-bond acceptors (Lipinski definition) is 7. The normalized spacial score (nSPS) is 15.0. The predicted octanol–water partition coefficient (Wildman–Crippen LogP) is 11.7. The molecule has 0 bridgehead atoms. The first-order valence-electron chi connectivity index (χ1n) is 22.3. The van der Waals surface area contributed by atoms with Gasteiger partial charge in [-0.1, -0.05) is 167 Å². The Morgan fingerprint density at radius 3 is 1.41 bits per heavy atom. The molecule has 0 aliphatic carbocycles. The summed E-state index contributed by atoms with van der Waals surface area (Å²) in [5.74, 6) is -1.14. The Morgan fingerprint density at radius 1 is 0.630 bits per heavy atom. The summed E-state index contributed by atoms with van der Waals surface area (Å²) >= 11 is 0. The average molecular weight is 789 g/mol. The quantitative estimate of drug-likeness (QED) is 0.0183. The van der Waals surface area contributed by atoms with Gasteiger partial charge in [-0.05, 0) is 38.5 Å². The fraction of sp³-hybridized carbons (Fsp3) is 0.909. The number of aliphatic hydroxyl groups is 2. The molecule has 0 saturated heterocycles. The molecule has 3 atom stereocenters. The van der Waals surface area contributed by atoms with Crippen LogP contribution in [0, 0.1) is 0 Å². The number of hydrogen-bond donors (Lipinski definition) is 3. The number of unbranched alkanes of at least 4 members (excludes halogenated alkanes) is 25. The third kappa shape index (κ3) is 32.2. The van der Waals surface area contributed by atoms with Crippen LogP contribution >= 0.6 is 7.82 Å². The van der Waals surface area contributed by atoms with Crippen molar-refractivity contribution >= 4 is 19.4 Å². The molecule has 0 aliphatic heterocycles. The number of phosphoric acid groups is 1. The minimum Gasteiger partial charge on any atom is -0.377 e. The molecule has 0 spiro atoms. The van der Waals surface area contributed by atoms with Crippen LogP contribution in [0.15, 0.2) is 12.2 Å². The Balaban J connectivity index is 4.68. The first-order valence-corrected chi connectivity index (χ1v) is 23.8. The molecule has 54 heavy (non-hydrogen) atoms. The minimum atomic E-state index is -4.82. The molecule has 0 aliphatic rings. The molecular formula is C44H87NO8P+. The molecule has 0 heterocycles. The third-order valence-corrected chi connectivity index (χ3v) is 11.3. The SMILES string of the molecule is CCCCCCCCC=CCCCCCCCC(=O)CC(O)(C(=O)CCCCCCCCCCCCCCCCC)C(O)OP(=O)(O)OCC[N+](C)(C)C. The monoisotopic (exact) mass is 789 g/mol. The van der Waals surface area contributed by atoms with E-state index in [1.54, 1.807) is 0 Å². The number of carbonyl (C=O) groups is 2. The maximum atomic E-state index is 13.4. The van der Waals surface area contributed by atoms with E-state index < -0.39 is 31.9 Å². The summed E-state index contributed by atoms with van der Waals surface area (Å²) in [6.07, 6.45) is 34.0. The van der Waals surface area contributed by atoms with Gasteiger partial charge in [-0.25, -0.2) is 4.57 Å². The van der Waals surface area contributed by atoms with Gasteiger partial charge >= 0.3 is 7.82 Å². The van der Waals surface area contributed by atoms with Crippen molar-refractivity contribution in [2.24, 2.45) is 0 Å². The molecule has 0 aromatic heterocycles. The van der Waals surface area contributed by atoms with E-state index in [2.05, 4.69) is 26.0 Å². The van der Waals surface area contributed by atoms with Gasteiger partial charge in [0, 0.05) is 19.3 Å². The van der Waals surface area contributed by atoms with Crippen molar-refractivity contribution in [3.8, 4) is 0 Å². The summed E-state index contributed by atoms with van der Waals surface area (Å²) in [5, 5.41) is 22.3. The van der Waals surface area contributed by atoms with E-state index in [9.17, 15) is 29.3 Å². The molecule has 0 radical (unpaired) electrons. The van der Waals surface area contributed by atoms with Gasteiger partial charge in [0.2, 0.25) is 6.29 Å². The Bertz CT molecular complexity index is 984. The first-order chi connectivity index (χ1) is 25.8. The van der Waals surface area contributed by atoms with Crippen LogP contribution in [0.1, 0.15) is 213 Å². The number of Topliss-reactive ketones (excluding diaryl/α,β-unsaturated/α-hetero) is 2. The minimum absolute atomic E-state index is 0.0616. The number of allylic oxidation sites excluding steroid dienone is 2. The maximum absolute atomic E-state index is 13.4. The number of ketones is 2. The molecule has 9 nitrogen and oxygen atoms in total. The molecule has 320 valence electrons. The van der Waals surface area contributed by atoms with E-state index in [1.807, 2.05) is 21.1 Å². The number of carbonyl (C=O) groups excluding carboxylic acids is 2. The smallest absolute Gasteiger partial charge is 0.377 e. The maximum Gasteiger partial charge on any atom is 0.474 e. The van der Waals surface area contributed by atoms with Crippen molar-refractivity contribution in [1.29, 1.82) is 0 Å². The Labute approximate surface area is 332 Å². The van der Waals surface area contributed by atoms with Gasteiger partial charge in [0.05, 0.1) is 21.1 Å². The van der Waals surface area contributed by atoms with Gasteiger partial charge in [-0.2, -0.15) is 0 Å². The van der Waals surface area contributed by atoms with Gasteiger partial charge in [-0.3, -0.25) is 18.6 Å². The van der Waals surface area contributed by atoms with Crippen LogP contribution in [0.5, 0.6) is 0 Å². The van der Waals surface area contributed by atoms with Gasteiger partial charge < -0.3 is 19.6 Å². The summed E-state index contributed by atoms with van der Waals surface area (Å²) in [7, 11) is 0.843. The number of phosphoric ester groups is 1. The number of quaternary nitrogens is 1. The molecule has 3 N–H and O–H groups in total. The van der Waals surface area contributed by atoms with E-state index in [-0.39, 0.29) is 25.2 Å². The lowest BCUT2D eigenvalue weighted by molar-refractivity contribution is -0.870. The fourth-order valence-corrected chi connectivity index (χ4v) is 7.45. The van der Waals surface area contributed by atoms with Crippen LogP contribution in [0.2, 0.25) is 0 Å². The van der Waals surface area contributed by atoms with Crippen LogP contribution in [0.4, 0.5) is 0 Å². The van der Waals surface area contributed by atoms with Crippen molar-refractivity contribution in [2.45, 2.75) is 225 Å². The highest BCUT2D eigenvalue weighted by molar-refractivity contribution is 7.47. The number of nitrogens with zero attached hydrogens (tertiary/aromatic N) is 1. The van der Waals surface area contributed by atoms with Crippen LogP contribution < -0.4 is 0 Å². The Kier molecular flexibility index (Phi) is 33.6. The highest BCUT2D eigenvalue weighted by Gasteiger charge is 2.48. The second-order valence-corrected chi connectivity index (χ2v) is 18.3. The van der Waals surface area contributed by atoms with E-state index in [1.165, 1.54) is 103 Å². The van der Waals surface area contributed by atoms with Crippen LogP contribution in [0.3, 0.4) is 0 Å². The molecule has 0 rings (SSSR count). The zero-order chi connectivity index (χ0) is 40.4. The summed E-state index contributed by atoms with van der Waals surface area (Å²) in [6, 6.07) is 0. The largest absolute Gasteiger partial charge is 0.474 e. The topological polar surface area (TPSA) is 130 Å². The van der Waals surface area contributed by atoms with E-state index in [4.69, 9.17) is 9.05 Å². The zero-order valence-corrected chi connectivity index (χ0v) is 36.7. The van der Waals surface area contributed by atoms with E-state index in [0.29, 0.717) is 23.9 Å². The zero-order valence-electron chi connectivity index (χ0n) is 35.8. The van der Waals surface area contributed by atoms with Crippen molar-refractivity contribution in [2.75, 3.05) is 34.3 Å². The Morgan fingerprint density at radius 2 is 1.00 bits per heavy atom. The van der Waals surface area contributed by atoms with Crippen molar-refractivity contribution in [3.63, 3.8) is 0 Å². The number of rotatable bonds is 41. The second-order valence-electron chi connectivity index (χ2n) is 16.9. The molecule has 0 aromatic carbocycles. The van der Waals surface area contributed by atoms with E-state index >= 15 is 0 Å². The van der Waals surface area contributed by atoms with Gasteiger partial charge in [-0.15, -0.1) is 0 Å². The molecule has 3 unspecified atom stereocenters. The summed E-state index contributed by atoms with van der Waals surface area (Å²) < 4.78 is 23.0. The second kappa shape index (κ2) is 34.1. The average Bonchev–Trinajstić information content (AvgIpc) is 3.10. The molecule has 0 amide bonds. The lowest BCUT2D eigenvalue weighted by atomic mass is 9.87. The van der Waals surface area contributed by atoms with E-state index in [0.717, 1.165) is 64.2 Å². The summed E-state index contributed by atoms with van der Waals surface area (Å²) in [6.45, 7) is 4.74. The third-order valence-electron chi connectivity index (χ3n) is 10.3. The van der Waals surface area contributed by atoms with Crippen molar-refractivity contribution < 1.29 is 42.8 Å². The summed E-state index contributed by atoms with van der Waals surface area (Å²) in [4.78, 5) is 36.6. The van der Waals surface area contributed by atoms with Crippen molar-refractivity contribution in [3.05, 3.63) is 12.2 Å². The lowest BCUT2D eigenvalue weighted by Crippen LogP contribution is -2.52. The molecule has 10 heteroatoms. The van der Waals surface area contributed by atoms with Crippen LogP contribution in [0.25, 0.3) is 0 Å². The van der Waals surface area contributed by atoms with Crippen LogP contribution in [-0.4, -0.2) is 77.3 Å². The molecule has 0 aromatic rings. The lowest BCUT2D eigenvalue weighted by Gasteiger charge is -2.31. The summed E-state index contributed by atoms with van der Waals surface area (Å²) in [5.41, 5.74) is -2.63. The fourth-order valence-electron chi connectivity index (χ4n) is 6.65. The van der Waals surface area contributed by atoms with Gasteiger partial charge in [0.15, 0.2) is 11.4 Å². The standard InChI is InChI=1S/C44H86NO8P/c1-6-8-10-12-14-16-18-20-22-24-26-28-30-32-34-36-41(46)40-44(49,43(48)53-54(50,51)52-39-38-45(3,4)5)42(47)37-35-33-31-29-27-25-23-21-19-17-15-13-11-9-7-2/h20,22,43,48-49H,6-19,21,23-40H2,1-5H3/p+1. The molecule has 0 saturated carbocycles. The van der Waals surface area contributed by atoms with Gasteiger partial charge in [0.25, 0.3) is 0 Å². The predicted molar refractivity (Wildman–Crippen MR) is 224 cm³/mol.